The first-order valence-corrected chi connectivity index (χ1v) is 10.5. The van der Waals surface area contributed by atoms with Gasteiger partial charge in [0.1, 0.15) is 0 Å². The van der Waals surface area contributed by atoms with Gasteiger partial charge in [-0.2, -0.15) is 0 Å². The molecule has 9 heteroatoms. The number of fused-ring (bicyclic) bond motifs is 1. The van der Waals surface area contributed by atoms with Crippen molar-refractivity contribution in [2.24, 2.45) is 0 Å². The highest BCUT2D eigenvalue weighted by atomic mass is 32.2. The molecule has 0 atom stereocenters. The fourth-order valence-electron chi connectivity index (χ4n) is 2.80. The van der Waals surface area contributed by atoms with Crippen molar-refractivity contribution in [2.45, 2.75) is 37.0 Å². The van der Waals surface area contributed by atoms with Crippen molar-refractivity contribution in [3.05, 3.63) is 64.7 Å². The quantitative estimate of drug-likeness (QED) is 0.604. The van der Waals surface area contributed by atoms with Crippen molar-refractivity contribution < 1.29 is 13.2 Å². The normalized spacial score (nSPS) is 11.8. The van der Waals surface area contributed by atoms with Crippen molar-refractivity contribution in [1.82, 2.24) is 19.5 Å². The van der Waals surface area contributed by atoms with Crippen molar-refractivity contribution in [3.8, 4) is 0 Å². The molecular weight excluding hydrogens is 380 g/mol. The van der Waals surface area contributed by atoms with E-state index in [1.54, 1.807) is 50.4 Å². The van der Waals surface area contributed by atoms with Crippen LogP contribution in [0.15, 0.2) is 58.4 Å². The fourth-order valence-corrected chi connectivity index (χ4v) is 4.04. The van der Waals surface area contributed by atoms with E-state index in [1.807, 2.05) is 0 Å². The third-order valence-corrected chi connectivity index (χ3v) is 6.59. The number of sulfone groups is 1. The van der Waals surface area contributed by atoms with Gasteiger partial charge in [0.05, 0.1) is 15.7 Å². The minimum absolute atomic E-state index is 0.0269. The minimum Gasteiger partial charge on any atom is -0.352 e. The second-order valence-corrected chi connectivity index (χ2v) is 9.11. The number of carbonyl (C=O) groups excluding carboxylic acids is 1. The van der Waals surface area contributed by atoms with E-state index in [0.717, 1.165) is 0 Å². The standard InChI is InChI=1S/C19H22N4O4S/c1-14(2)28(26,27)16-9-4-3-8-15(16)18(24)20-11-7-13-23-19(25)22-12-6-5-10-17(22)21-23/h3-6,8-10,12,14H,7,11,13H2,1-2H3,(H,20,24). The Morgan fingerprint density at radius 1 is 1.14 bits per heavy atom. The largest absolute Gasteiger partial charge is 0.352 e. The Bertz CT molecular complexity index is 1160. The van der Waals surface area contributed by atoms with Gasteiger partial charge in [0.15, 0.2) is 15.5 Å². The first-order chi connectivity index (χ1) is 13.3. The van der Waals surface area contributed by atoms with Crippen LogP contribution in [0.5, 0.6) is 0 Å². The molecule has 0 unspecified atom stereocenters. The molecule has 0 fully saturated rings. The Hall–Kier alpha value is -2.94. The molecule has 0 aliphatic heterocycles. The number of nitrogens with zero attached hydrogens (tertiary/aromatic N) is 3. The molecule has 0 saturated carbocycles. The van der Waals surface area contributed by atoms with E-state index >= 15 is 0 Å². The first kappa shape index (κ1) is 19.8. The lowest BCUT2D eigenvalue weighted by Gasteiger charge is -2.13. The van der Waals surface area contributed by atoms with Gasteiger partial charge in [-0.3, -0.25) is 9.20 Å². The highest BCUT2D eigenvalue weighted by Gasteiger charge is 2.24. The summed E-state index contributed by atoms with van der Waals surface area (Å²) in [6, 6.07) is 11.5. The summed E-state index contributed by atoms with van der Waals surface area (Å²) in [7, 11) is -3.57. The SMILES string of the molecule is CC(C)S(=O)(=O)c1ccccc1C(=O)NCCCn1nc2ccccn2c1=O. The van der Waals surface area contributed by atoms with Gasteiger partial charge in [-0.15, -0.1) is 5.10 Å². The van der Waals surface area contributed by atoms with Crippen LogP contribution in [-0.2, 0) is 16.4 Å². The summed E-state index contributed by atoms with van der Waals surface area (Å²) in [5.41, 5.74) is 0.445. The Balaban J connectivity index is 1.65. The Labute approximate surface area is 162 Å². The van der Waals surface area contributed by atoms with Crippen LogP contribution in [0.25, 0.3) is 5.65 Å². The molecule has 148 valence electrons. The molecule has 3 aromatic rings. The Kier molecular flexibility index (Phi) is 5.64. The van der Waals surface area contributed by atoms with Crippen LogP contribution in [0, 0.1) is 0 Å². The maximum atomic E-state index is 12.5. The second kappa shape index (κ2) is 7.97. The van der Waals surface area contributed by atoms with E-state index in [0.29, 0.717) is 18.6 Å². The van der Waals surface area contributed by atoms with Crippen LogP contribution in [0.2, 0.25) is 0 Å². The molecule has 0 saturated heterocycles. The summed E-state index contributed by atoms with van der Waals surface area (Å²) in [6.45, 7) is 3.79. The zero-order valence-corrected chi connectivity index (χ0v) is 16.5. The molecule has 0 radical (unpaired) electrons. The number of nitrogens with one attached hydrogen (secondary N) is 1. The average molecular weight is 402 g/mol. The maximum absolute atomic E-state index is 12.5. The molecule has 0 aliphatic rings. The lowest BCUT2D eigenvalue weighted by molar-refractivity contribution is 0.0949. The third-order valence-electron chi connectivity index (χ3n) is 4.38. The molecule has 3 rings (SSSR count). The number of benzene rings is 1. The molecule has 0 spiro atoms. The molecule has 1 N–H and O–H groups in total. The minimum atomic E-state index is -3.57. The fraction of sp³-hybridized carbons (Fsp3) is 0.316. The van der Waals surface area contributed by atoms with Crippen molar-refractivity contribution in [1.29, 1.82) is 0 Å². The monoisotopic (exact) mass is 402 g/mol. The predicted molar refractivity (Wildman–Crippen MR) is 105 cm³/mol. The van der Waals surface area contributed by atoms with E-state index in [2.05, 4.69) is 10.4 Å². The summed E-state index contributed by atoms with van der Waals surface area (Å²) in [4.78, 5) is 24.7. The highest BCUT2D eigenvalue weighted by molar-refractivity contribution is 7.92. The smallest absolute Gasteiger partial charge is 0.350 e. The molecule has 8 nitrogen and oxygen atoms in total. The van der Waals surface area contributed by atoms with Gasteiger partial charge in [-0.1, -0.05) is 18.2 Å². The van der Waals surface area contributed by atoms with Crippen LogP contribution in [0.1, 0.15) is 30.6 Å². The summed E-state index contributed by atoms with van der Waals surface area (Å²) in [5, 5.41) is 6.33. The topological polar surface area (TPSA) is 103 Å². The number of carbonyl (C=O) groups is 1. The summed E-state index contributed by atoms with van der Waals surface area (Å²) in [5.74, 6) is -0.456. The van der Waals surface area contributed by atoms with Crippen molar-refractivity contribution >= 4 is 21.4 Å². The molecule has 0 bridgehead atoms. The number of aryl methyl sites for hydroxylation is 1. The first-order valence-electron chi connectivity index (χ1n) is 8.97. The molecule has 2 aromatic heterocycles. The Morgan fingerprint density at radius 3 is 2.57 bits per heavy atom. The van der Waals surface area contributed by atoms with Crippen LogP contribution in [-0.4, -0.2) is 40.3 Å². The number of hydrogen-bond donors (Lipinski definition) is 1. The van der Waals surface area contributed by atoms with Crippen LogP contribution >= 0.6 is 0 Å². The van der Waals surface area contributed by atoms with Gasteiger partial charge in [0.25, 0.3) is 5.91 Å². The summed E-state index contributed by atoms with van der Waals surface area (Å²) < 4.78 is 27.7. The van der Waals surface area contributed by atoms with Crippen LogP contribution in [0.4, 0.5) is 0 Å². The van der Waals surface area contributed by atoms with E-state index in [4.69, 9.17) is 0 Å². The van der Waals surface area contributed by atoms with E-state index in [-0.39, 0.29) is 22.7 Å². The molecule has 1 aromatic carbocycles. The highest BCUT2D eigenvalue weighted by Crippen LogP contribution is 2.20. The number of aromatic nitrogens is 3. The predicted octanol–water partition coefficient (Wildman–Crippen LogP) is 1.50. The maximum Gasteiger partial charge on any atom is 0.350 e. The van der Waals surface area contributed by atoms with Crippen molar-refractivity contribution in [2.75, 3.05) is 6.54 Å². The number of rotatable bonds is 7. The lowest BCUT2D eigenvalue weighted by Crippen LogP contribution is -2.29. The zero-order chi connectivity index (χ0) is 20.3. The molecule has 1 amide bonds. The number of amides is 1. The molecular formula is C19H22N4O4S. The Morgan fingerprint density at radius 2 is 1.86 bits per heavy atom. The summed E-state index contributed by atoms with van der Waals surface area (Å²) in [6.07, 6.45) is 2.13. The lowest BCUT2D eigenvalue weighted by atomic mass is 10.2. The van der Waals surface area contributed by atoms with Gasteiger partial charge in [-0.05, 0) is 44.5 Å². The average Bonchev–Trinajstić information content (AvgIpc) is 3.01. The van der Waals surface area contributed by atoms with E-state index in [9.17, 15) is 18.0 Å². The summed E-state index contributed by atoms with van der Waals surface area (Å²) >= 11 is 0. The zero-order valence-electron chi connectivity index (χ0n) is 15.7. The number of pyridine rings is 1. The van der Waals surface area contributed by atoms with Crippen molar-refractivity contribution in [3.63, 3.8) is 0 Å². The van der Waals surface area contributed by atoms with Crippen LogP contribution < -0.4 is 11.0 Å². The second-order valence-electron chi connectivity index (χ2n) is 6.63. The molecule has 28 heavy (non-hydrogen) atoms. The van der Waals surface area contributed by atoms with Gasteiger partial charge in [0.2, 0.25) is 0 Å². The van der Waals surface area contributed by atoms with Gasteiger partial charge >= 0.3 is 5.69 Å². The molecule has 2 heterocycles. The van der Waals surface area contributed by atoms with Gasteiger partial charge in [-0.25, -0.2) is 17.9 Å². The van der Waals surface area contributed by atoms with E-state index < -0.39 is 21.0 Å². The van der Waals surface area contributed by atoms with Gasteiger partial charge in [0, 0.05) is 19.3 Å². The number of hydrogen-bond acceptors (Lipinski definition) is 5. The molecule has 0 aliphatic carbocycles. The third kappa shape index (κ3) is 3.84. The van der Waals surface area contributed by atoms with Gasteiger partial charge < -0.3 is 5.32 Å². The van der Waals surface area contributed by atoms with E-state index in [1.165, 1.54) is 21.2 Å². The van der Waals surface area contributed by atoms with Crippen LogP contribution in [0.3, 0.4) is 0 Å².